The van der Waals surface area contributed by atoms with Crippen LogP contribution >= 0.6 is 11.6 Å². The maximum atomic E-state index is 12.7. The van der Waals surface area contributed by atoms with Gasteiger partial charge in [-0.2, -0.15) is 0 Å². The van der Waals surface area contributed by atoms with Crippen LogP contribution < -0.4 is 14.8 Å². The molecule has 0 amide bonds. The Morgan fingerprint density at radius 1 is 1.00 bits per heavy atom. The van der Waals surface area contributed by atoms with E-state index >= 15 is 0 Å². The van der Waals surface area contributed by atoms with Gasteiger partial charge in [0.15, 0.2) is 0 Å². The van der Waals surface area contributed by atoms with Gasteiger partial charge in [0.1, 0.15) is 11.9 Å². The van der Waals surface area contributed by atoms with Gasteiger partial charge in [0.05, 0.1) is 10.6 Å². The van der Waals surface area contributed by atoms with Gasteiger partial charge < -0.3 is 10.1 Å². The average Bonchev–Trinajstić information content (AvgIpc) is 3.17. The normalized spacial score (nSPS) is 17.1. The first-order valence-electron chi connectivity index (χ1n) is 8.70. The minimum atomic E-state index is -3.72. The average molecular weight is 403 g/mol. The van der Waals surface area contributed by atoms with Gasteiger partial charge in [-0.3, -0.25) is 4.72 Å². The molecule has 1 aliphatic heterocycles. The fraction of sp³-hybridized carbons (Fsp3) is 0.200. The van der Waals surface area contributed by atoms with Gasteiger partial charge in [-0.1, -0.05) is 35.9 Å². The fourth-order valence-corrected chi connectivity index (χ4v) is 4.39. The van der Waals surface area contributed by atoms with E-state index in [4.69, 9.17) is 16.3 Å². The van der Waals surface area contributed by atoms with E-state index in [1.807, 2.05) is 30.3 Å². The lowest BCUT2D eigenvalue weighted by Crippen LogP contribution is -2.19. The Kier molecular flexibility index (Phi) is 4.95. The molecule has 7 heteroatoms. The molecule has 140 valence electrons. The molecule has 1 aliphatic rings. The molecule has 1 atom stereocenters. The van der Waals surface area contributed by atoms with Crippen molar-refractivity contribution in [2.24, 2.45) is 0 Å². The maximum absolute atomic E-state index is 12.7. The Morgan fingerprint density at radius 2 is 1.74 bits per heavy atom. The van der Waals surface area contributed by atoms with Crippen molar-refractivity contribution in [1.82, 2.24) is 5.32 Å². The summed E-state index contributed by atoms with van der Waals surface area (Å²) >= 11 is 5.85. The highest BCUT2D eigenvalue weighted by molar-refractivity contribution is 7.92. The van der Waals surface area contributed by atoms with Gasteiger partial charge in [0.25, 0.3) is 10.0 Å². The number of ether oxygens (including phenoxy) is 1. The topological polar surface area (TPSA) is 67.4 Å². The molecule has 0 radical (unpaired) electrons. The molecule has 0 unspecified atom stereocenters. The molecule has 0 saturated carbocycles. The summed E-state index contributed by atoms with van der Waals surface area (Å²) in [6.45, 7) is 1.76. The third-order valence-electron chi connectivity index (χ3n) is 4.56. The van der Waals surface area contributed by atoms with Crippen LogP contribution in [0.2, 0.25) is 5.02 Å². The van der Waals surface area contributed by atoms with E-state index in [-0.39, 0.29) is 11.0 Å². The second kappa shape index (κ2) is 7.38. The molecule has 3 aromatic rings. The van der Waals surface area contributed by atoms with Crippen molar-refractivity contribution in [3.05, 3.63) is 65.7 Å². The first-order valence-corrected chi connectivity index (χ1v) is 10.6. The number of hydrogen-bond acceptors (Lipinski definition) is 4. The lowest BCUT2D eigenvalue weighted by Gasteiger charge is -2.17. The van der Waals surface area contributed by atoms with Gasteiger partial charge in [0.2, 0.25) is 0 Å². The highest BCUT2D eigenvalue weighted by Gasteiger charge is 2.19. The molecular formula is C20H19ClN2O3S. The number of halogens is 1. The molecule has 5 nitrogen and oxygen atoms in total. The van der Waals surface area contributed by atoms with Crippen LogP contribution in [-0.2, 0) is 10.0 Å². The van der Waals surface area contributed by atoms with Crippen molar-refractivity contribution in [2.75, 3.05) is 17.8 Å². The largest absolute Gasteiger partial charge is 0.488 e. The summed E-state index contributed by atoms with van der Waals surface area (Å²) in [6.07, 6.45) is 1.09. The minimum absolute atomic E-state index is 0.130. The Bertz CT molecular complexity index is 1060. The number of benzene rings is 3. The monoisotopic (exact) mass is 402 g/mol. The van der Waals surface area contributed by atoms with Gasteiger partial charge in [-0.05, 0) is 49.4 Å². The molecule has 0 aromatic heterocycles. The van der Waals surface area contributed by atoms with E-state index in [1.54, 1.807) is 18.2 Å². The van der Waals surface area contributed by atoms with E-state index in [2.05, 4.69) is 10.0 Å². The van der Waals surface area contributed by atoms with Crippen LogP contribution in [0, 0.1) is 0 Å². The predicted molar refractivity (Wildman–Crippen MR) is 108 cm³/mol. The van der Waals surface area contributed by atoms with Crippen LogP contribution in [0.3, 0.4) is 0 Å². The summed E-state index contributed by atoms with van der Waals surface area (Å²) in [5.41, 5.74) is 0.512. The van der Waals surface area contributed by atoms with Crippen LogP contribution in [0.4, 0.5) is 5.69 Å². The number of anilines is 1. The Hall–Kier alpha value is -2.28. The summed E-state index contributed by atoms with van der Waals surface area (Å²) in [5, 5.41) is 5.43. The number of rotatable bonds is 5. The fourth-order valence-electron chi connectivity index (χ4n) is 3.19. The first-order chi connectivity index (χ1) is 13.0. The van der Waals surface area contributed by atoms with E-state index in [9.17, 15) is 8.42 Å². The van der Waals surface area contributed by atoms with E-state index < -0.39 is 10.0 Å². The molecule has 1 heterocycles. The molecule has 0 aliphatic carbocycles. The molecule has 2 N–H and O–H groups in total. The second-order valence-corrected chi connectivity index (χ2v) is 8.57. The highest BCUT2D eigenvalue weighted by atomic mass is 35.5. The maximum Gasteiger partial charge on any atom is 0.261 e. The molecule has 27 heavy (non-hydrogen) atoms. The van der Waals surface area contributed by atoms with Crippen LogP contribution in [0.1, 0.15) is 6.42 Å². The standard InChI is InChI=1S/C20H19ClN2O3S/c21-14-5-7-16(8-6-14)27(24,25)23-19-9-10-20(26-15-11-12-22-13-15)18-4-2-1-3-17(18)19/h1-10,15,22-23H,11-13H2/t15-/m1/s1. The zero-order chi connectivity index (χ0) is 18.9. The molecule has 4 rings (SSSR count). The molecular weight excluding hydrogens is 384 g/mol. The second-order valence-electron chi connectivity index (χ2n) is 6.45. The number of fused-ring (bicyclic) bond motifs is 1. The smallest absolute Gasteiger partial charge is 0.261 e. The first kappa shape index (κ1) is 18.1. The Labute approximate surface area is 163 Å². The van der Waals surface area contributed by atoms with Gasteiger partial charge in [-0.25, -0.2) is 8.42 Å². The Balaban J connectivity index is 1.69. The summed E-state index contributed by atoms with van der Waals surface area (Å²) in [4.78, 5) is 0.160. The Morgan fingerprint density at radius 3 is 2.44 bits per heavy atom. The zero-order valence-corrected chi connectivity index (χ0v) is 16.1. The molecule has 0 spiro atoms. The molecule has 1 fully saturated rings. The van der Waals surface area contributed by atoms with Crippen LogP contribution in [0.25, 0.3) is 10.8 Å². The number of hydrogen-bond donors (Lipinski definition) is 2. The highest BCUT2D eigenvalue weighted by Crippen LogP contribution is 2.33. The van der Waals surface area contributed by atoms with Crippen LogP contribution in [-0.4, -0.2) is 27.6 Å². The van der Waals surface area contributed by atoms with E-state index in [0.29, 0.717) is 10.7 Å². The minimum Gasteiger partial charge on any atom is -0.488 e. The van der Waals surface area contributed by atoms with E-state index in [1.165, 1.54) is 12.1 Å². The third kappa shape index (κ3) is 3.88. The molecule has 0 bridgehead atoms. The van der Waals surface area contributed by atoms with Crippen molar-refractivity contribution in [3.8, 4) is 5.75 Å². The summed E-state index contributed by atoms with van der Waals surface area (Å²) < 4.78 is 34.2. The van der Waals surface area contributed by atoms with Crippen LogP contribution in [0.5, 0.6) is 5.75 Å². The lowest BCUT2D eigenvalue weighted by atomic mass is 10.1. The van der Waals surface area contributed by atoms with Crippen molar-refractivity contribution < 1.29 is 13.2 Å². The SMILES string of the molecule is O=S(=O)(Nc1ccc(O[C@@H]2CCNC2)c2ccccc12)c1ccc(Cl)cc1. The third-order valence-corrected chi connectivity index (χ3v) is 6.19. The number of sulfonamides is 1. The molecule has 1 saturated heterocycles. The van der Waals surface area contributed by atoms with Crippen molar-refractivity contribution in [2.45, 2.75) is 17.4 Å². The van der Waals surface area contributed by atoms with E-state index in [0.717, 1.165) is 36.0 Å². The predicted octanol–water partition coefficient (Wildman–Crippen LogP) is 4.03. The van der Waals surface area contributed by atoms with Gasteiger partial charge in [0, 0.05) is 22.3 Å². The van der Waals surface area contributed by atoms with Crippen molar-refractivity contribution in [3.63, 3.8) is 0 Å². The molecule has 3 aromatic carbocycles. The number of nitrogens with one attached hydrogen (secondary N) is 2. The summed E-state index contributed by atoms with van der Waals surface area (Å²) in [5.74, 6) is 0.758. The zero-order valence-electron chi connectivity index (χ0n) is 14.5. The summed E-state index contributed by atoms with van der Waals surface area (Å²) in [7, 11) is -3.72. The van der Waals surface area contributed by atoms with Crippen molar-refractivity contribution >= 4 is 38.1 Å². The quantitative estimate of drug-likeness (QED) is 0.676. The van der Waals surface area contributed by atoms with Gasteiger partial charge in [-0.15, -0.1) is 0 Å². The summed E-state index contributed by atoms with van der Waals surface area (Å²) in [6, 6.07) is 17.3. The lowest BCUT2D eigenvalue weighted by molar-refractivity contribution is 0.226. The van der Waals surface area contributed by atoms with Crippen LogP contribution in [0.15, 0.2) is 65.6 Å². The van der Waals surface area contributed by atoms with Crippen molar-refractivity contribution in [1.29, 1.82) is 0 Å². The van der Waals surface area contributed by atoms with Gasteiger partial charge >= 0.3 is 0 Å².